The molecule has 2 heterocycles. The van der Waals surface area contributed by atoms with Crippen LogP contribution in [0.3, 0.4) is 0 Å². The molecule has 2 atom stereocenters. The Balaban J connectivity index is 1.56. The Morgan fingerprint density at radius 1 is 1.03 bits per heavy atom. The van der Waals surface area contributed by atoms with Gasteiger partial charge in [-0.2, -0.15) is 5.10 Å². The number of benzene rings is 3. The largest absolute Gasteiger partial charge is 0.464 e. The molecular weight excluding hydrogens is 373 g/mol. The van der Waals surface area contributed by atoms with E-state index in [4.69, 9.17) is 9.84 Å². The van der Waals surface area contributed by atoms with Crippen molar-refractivity contribution in [3.63, 3.8) is 0 Å². The summed E-state index contributed by atoms with van der Waals surface area (Å²) in [7, 11) is 0. The van der Waals surface area contributed by atoms with E-state index in [-0.39, 0.29) is 17.5 Å². The van der Waals surface area contributed by atoms with Crippen LogP contribution in [0.15, 0.2) is 77.9 Å². The van der Waals surface area contributed by atoms with E-state index in [1.165, 1.54) is 24.3 Å². The summed E-state index contributed by atoms with van der Waals surface area (Å²) in [5, 5.41) is 17.7. The summed E-state index contributed by atoms with van der Waals surface area (Å²) in [6, 6.07) is 20.4. The van der Waals surface area contributed by atoms with Gasteiger partial charge in [-0.3, -0.25) is 10.1 Å². The summed E-state index contributed by atoms with van der Waals surface area (Å²) in [6.45, 7) is 0. The lowest BCUT2D eigenvalue weighted by molar-refractivity contribution is -0.384. The highest BCUT2D eigenvalue weighted by molar-refractivity contribution is 6.01. The highest BCUT2D eigenvalue weighted by atomic mass is 19.1. The molecular formula is C22H16FN3O3. The number of para-hydroxylation sites is 1. The fraction of sp³-hybridized carbons (Fsp3) is 0.136. The predicted molar refractivity (Wildman–Crippen MR) is 105 cm³/mol. The van der Waals surface area contributed by atoms with E-state index in [9.17, 15) is 14.5 Å². The summed E-state index contributed by atoms with van der Waals surface area (Å²) in [5.74, 6) is 0.482. The summed E-state index contributed by atoms with van der Waals surface area (Å²) in [4.78, 5) is 10.5. The number of hydrazone groups is 1. The van der Waals surface area contributed by atoms with Crippen LogP contribution in [0.5, 0.6) is 5.75 Å². The summed E-state index contributed by atoms with van der Waals surface area (Å²) >= 11 is 0. The van der Waals surface area contributed by atoms with Gasteiger partial charge in [-0.1, -0.05) is 30.3 Å². The van der Waals surface area contributed by atoms with E-state index in [0.29, 0.717) is 6.42 Å². The van der Waals surface area contributed by atoms with Gasteiger partial charge in [-0.15, -0.1) is 0 Å². The second-order valence-electron chi connectivity index (χ2n) is 7.01. The first-order valence-corrected chi connectivity index (χ1v) is 9.22. The first kappa shape index (κ1) is 17.4. The first-order chi connectivity index (χ1) is 14.1. The van der Waals surface area contributed by atoms with E-state index in [2.05, 4.69) is 0 Å². The third kappa shape index (κ3) is 3.00. The van der Waals surface area contributed by atoms with Crippen molar-refractivity contribution in [2.45, 2.75) is 18.7 Å². The quantitative estimate of drug-likeness (QED) is 0.468. The van der Waals surface area contributed by atoms with Crippen molar-refractivity contribution < 1.29 is 14.1 Å². The van der Waals surface area contributed by atoms with Crippen LogP contribution >= 0.6 is 0 Å². The molecule has 0 aromatic heterocycles. The van der Waals surface area contributed by atoms with Crippen LogP contribution in [0.25, 0.3) is 0 Å². The molecule has 3 aromatic rings. The molecule has 6 nitrogen and oxygen atoms in total. The molecule has 0 aliphatic carbocycles. The Hall–Kier alpha value is -3.74. The minimum atomic E-state index is -0.506. The smallest absolute Gasteiger partial charge is 0.269 e. The number of nitrogens with zero attached hydrogens (tertiary/aromatic N) is 3. The summed E-state index contributed by atoms with van der Waals surface area (Å²) < 4.78 is 19.5. The lowest BCUT2D eigenvalue weighted by Gasteiger charge is -2.38. The second kappa shape index (κ2) is 6.70. The molecule has 0 fully saturated rings. The number of non-ortho nitro benzene ring substituents is 1. The molecule has 5 rings (SSSR count). The van der Waals surface area contributed by atoms with Gasteiger partial charge in [-0.25, -0.2) is 9.40 Å². The van der Waals surface area contributed by atoms with Gasteiger partial charge in [-0.05, 0) is 35.9 Å². The number of rotatable bonds is 3. The van der Waals surface area contributed by atoms with E-state index in [1.807, 2.05) is 29.3 Å². The van der Waals surface area contributed by atoms with Crippen LogP contribution in [0.2, 0.25) is 0 Å². The molecule has 144 valence electrons. The number of ether oxygens (including phenoxy) is 1. The molecule has 7 heteroatoms. The maximum atomic E-state index is 13.3. The Morgan fingerprint density at radius 2 is 1.76 bits per heavy atom. The molecule has 0 N–H and O–H groups in total. The molecule has 0 unspecified atom stereocenters. The van der Waals surface area contributed by atoms with Gasteiger partial charge in [0.2, 0.25) is 6.23 Å². The number of nitro groups is 1. The molecule has 2 aliphatic heterocycles. The van der Waals surface area contributed by atoms with Crippen LogP contribution in [-0.4, -0.2) is 15.6 Å². The van der Waals surface area contributed by atoms with Gasteiger partial charge < -0.3 is 4.74 Å². The summed E-state index contributed by atoms with van der Waals surface area (Å²) in [6.07, 6.45) is 0.156. The first-order valence-electron chi connectivity index (χ1n) is 9.22. The number of hydrogen-bond donors (Lipinski definition) is 0. The average molecular weight is 389 g/mol. The van der Waals surface area contributed by atoms with Crippen LogP contribution in [-0.2, 0) is 0 Å². The molecule has 0 saturated carbocycles. The van der Waals surface area contributed by atoms with Gasteiger partial charge in [0.05, 0.1) is 16.7 Å². The fourth-order valence-corrected chi connectivity index (χ4v) is 3.83. The average Bonchev–Trinajstić information content (AvgIpc) is 3.19. The van der Waals surface area contributed by atoms with Gasteiger partial charge in [0, 0.05) is 29.7 Å². The van der Waals surface area contributed by atoms with Crippen molar-refractivity contribution in [1.82, 2.24) is 5.01 Å². The van der Waals surface area contributed by atoms with Crippen LogP contribution in [0.4, 0.5) is 10.1 Å². The van der Waals surface area contributed by atoms with Gasteiger partial charge in [0.1, 0.15) is 11.6 Å². The Kier molecular flexibility index (Phi) is 4.01. The Bertz CT molecular complexity index is 1110. The summed E-state index contributed by atoms with van der Waals surface area (Å²) in [5.41, 5.74) is 3.55. The molecule has 3 aromatic carbocycles. The highest BCUT2D eigenvalue weighted by Crippen LogP contribution is 2.47. The SMILES string of the molecule is O=[N+]([O-])c1ccc([C@@H]2Oc3ccccc3[C@H]3CC(c4ccc(F)cc4)=NN32)cc1. The lowest BCUT2D eigenvalue weighted by Crippen LogP contribution is -2.33. The van der Waals surface area contributed by atoms with Crippen LogP contribution < -0.4 is 4.74 Å². The highest BCUT2D eigenvalue weighted by Gasteiger charge is 2.40. The zero-order chi connectivity index (χ0) is 20.0. The number of fused-ring (bicyclic) bond motifs is 3. The standard InChI is InChI=1S/C22H16FN3O3/c23-16-9-5-14(6-10-16)19-13-20-18-3-1-2-4-21(18)29-22(25(20)24-19)15-7-11-17(12-8-15)26(27)28/h1-12,20,22H,13H2/t20-,22+/m1/s1. The second-order valence-corrected chi connectivity index (χ2v) is 7.01. The Morgan fingerprint density at radius 3 is 2.48 bits per heavy atom. The zero-order valence-corrected chi connectivity index (χ0v) is 15.2. The maximum Gasteiger partial charge on any atom is 0.269 e. The van der Waals surface area contributed by atoms with Crippen molar-refractivity contribution in [2.24, 2.45) is 5.10 Å². The normalized spacial score (nSPS) is 19.8. The number of halogens is 1. The van der Waals surface area contributed by atoms with Crippen LogP contribution in [0.1, 0.15) is 35.4 Å². The third-order valence-electron chi connectivity index (χ3n) is 5.27. The van der Waals surface area contributed by atoms with Crippen molar-refractivity contribution in [3.05, 3.63) is 105 Å². The van der Waals surface area contributed by atoms with E-state index >= 15 is 0 Å². The molecule has 0 spiro atoms. The molecule has 0 amide bonds. The van der Waals surface area contributed by atoms with Crippen molar-refractivity contribution >= 4 is 11.4 Å². The monoisotopic (exact) mass is 389 g/mol. The molecule has 0 radical (unpaired) electrons. The zero-order valence-electron chi connectivity index (χ0n) is 15.2. The van der Waals surface area contributed by atoms with Crippen molar-refractivity contribution in [1.29, 1.82) is 0 Å². The predicted octanol–water partition coefficient (Wildman–Crippen LogP) is 4.98. The third-order valence-corrected chi connectivity index (χ3v) is 5.27. The molecule has 0 saturated heterocycles. The maximum absolute atomic E-state index is 13.3. The van der Waals surface area contributed by atoms with E-state index in [1.54, 1.807) is 24.3 Å². The van der Waals surface area contributed by atoms with Crippen molar-refractivity contribution in [2.75, 3.05) is 0 Å². The van der Waals surface area contributed by atoms with Crippen LogP contribution in [0, 0.1) is 15.9 Å². The number of hydrogen-bond acceptors (Lipinski definition) is 5. The van der Waals surface area contributed by atoms with Gasteiger partial charge in [0.15, 0.2) is 0 Å². The van der Waals surface area contributed by atoms with Gasteiger partial charge in [0.25, 0.3) is 5.69 Å². The number of nitro benzene ring substituents is 1. The Labute approximate surface area is 166 Å². The van der Waals surface area contributed by atoms with Crippen molar-refractivity contribution in [3.8, 4) is 5.75 Å². The minimum Gasteiger partial charge on any atom is -0.464 e. The van der Waals surface area contributed by atoms with E-state index < -0.39 is 11.2 Å². The van der Waals surface area contributed by atoms with Gasteiger partial charge >= 0.3 is 0 Å². The fourth-order valence-electron chi connectivity index (χ4n) is 3.83. The molecule has 29 heavy (non-hydrogen) atoms. The molecule has 0 bridgehead atoms. The lowest BCUT2D eigenvalue weighted by atomic mass is 9.96. The van der Waals surface area contributed by atoms with E-state index in [0.717, 1.165) is 28.2 Å². The molecule has 2 aliphatic rings. The topological polar surface area (TPSA) is 68.0 Å². The minimum absolute atomic E-state index is 0.0263.